The first-order chi connectivity index (χ1) is 10.5. The highest BCUT2D eigenvalue weighted by atomic mass is 35.5. The molecule has 0 spiro atoms. The molecule has 1 aromatic heterocycles. The maximum Gasteiger partial charge on any atom is 0.318 e. The second kappa shape index (κ2) is 7.70. The zero-order valence-corrected chi connectivity index (χ0v) is 13.1. The first-order valence-corrected chi connectivity index (χ1v) is 7.03. The Morgan fingerprint density at radius 1 is 1.32 bits per heavy atom. The van der Waals surface area contributed by atoms with Crippen molar-refractivity contribution in [3.05, 3.63) is 46.9 Å². The summed E-state index contributed by atoms with van der Waals surface area (Å²) in [4.78, 5) is 13.3. The van der Waals surface area contributed by atoms with Crippen LogP contribution in [0.25, 0.3) is 0 Å². The Morgan fingerprint density at radius 3 is 2.73 bits per heavy atom. The Balaban J connectivity index is 1.95. The fourth-order valence-corrected chi connectivity index (χ4v) is 1.71. The van der Waals surface area contributed by atoms with Crippen molar-refractivity contribution in [2.45, 2.75) is 6.42 Å². The first-order valence-electron chi connectivity index (χ1n) is 6.65. The molecule has 0 unspecified atom stereocenters. The minimum atomic E-state index is -0.594. The number of halogens is 2. The van der Waals surface area contributed by atoms with Crippen LogP contribution in [0, 0.1) is 5.82 Å². The maximum atomic E-state index is 13.5. The largest absolute Gasteiger partial charge is 0.463 e. The molecule has 22 heavy (non-hydrogen) atoms. The zero-order chi connectivity index (χ0) is 15.9. The number of benzene rings is 1. The van der Waals surface area contributed by atoms with Crippen LogP contribution in [0.4, 0.5) is 10.2 Å². The van der Waals surface area contributed by atoms with Crippen LogP contribution in [0.5, 0.6) is 6.01 Å². The molecule has 0 aliphatic carbocycles. The zero-order valence-electron chi connectivity index (χ0n) is 12.3. The average Bonchev–Trinajstić information content (AvgIpc) is 2.49. The van der Waals surface area contributed by atoms with E-state index in [1.165, 1.54) is 6.34 Å². The van der Waals surface area contributed by atoms with Gasteiger partial charge < -0.3 is 9.64 Å². The van der Waals surface area contributed by atoms with E-state index in [-0.39, 0.29) is 11.8 Å². The van der Waals surface area contributed by atoms with Gasteiger partial charge in [-0.3, -0.25) is 0 Å². The van der Waals surface area contributed by atoms with Gasteiger partial charge in [0, 0.05) is 25.5 Å². The molecule has 2 rings (SSSR count). The van der Waals surface area contributed by atoms with E-state index in [2.05, 4.69) is 15.0 Å². The van der Waals surface area contributed by atoms with Crippen molar-refractivity contribution in [2.24, 2.45) is 4.99 Å². The summed E-state index contributed by atoms with van der Waals surface area (Å²) >= 11 is 5.82. The summed E-state index contributed by atoms with van der Waals surface area (Å²) in [6.07, 6.45) is 3.18. The standard InChI is InChI=1S/C15H16ClFN4O/c1-21(2)10-19-14-13(17)9-18-15(20-14)22-8-7-11-3-5-12(16)6-4-11/h3-6,9-10H,7-8H2,1-2H3. The number of aliphatic imine (C=N–C) groups is 1. The predicted octanol–water partition coefficient (Wildman–Crippen LogP) is 3.11. The number of hydrogen-bond acceptors (Lipinski definition) is 4. The van der Waals surface area contributed by atoms with Gasteiger partial charge in [-0.05, 0) is 17.7 Å². The molecule has 1 aromatic carbocycles. The average molecular weight is 323 g/mol. The number of hydrogen-bond donors (Lipinski definition) is 0. The molecule has 0 bridgehead atoms. The molecule has 5 nitrogen and oxygen atoms in total. The van der Waals surface area contributed by atoms with E-state index in [0.29, 0.717) is 18.1 Å². The maximum absolute atomic E-state index is 13.5. The van der Waals surface area contributed by atoms with Gasteiger partial charge in [0.15, 0.2) is 11.6 Å². The Labute approximate surface area is 133 Å². The van der Waals surface area contributed by atoms with E-state index >= 15 is 0 Å². The molecule has 0 saturated carbocycles. The van der Waals surface area contributed by atoms with Gasteiger partial charge in [-0.1, -0.05) is 23.7 Å². The van der Waals surface area contributed by atoms with Crippen molar-refractivity contribution >= 4 is 23.8 Å². The third-order valence-electron chi connectivity index (χ3n) is 2.65. The molecule has 0 N–H and O–H groups in total. The van der Waals surface area contributed by atoms with Gasteiger partial charge in [0.2, 0.25) is 0 Å². The van der Waals surface area contributed by atoms with E-state index in [9.17, 15) is 4.39 Å². The van der Waals surface area contributed by atoms with E-state index in [4.69, 9.17) is 16.3 Å². The summed E-state index contributed by atoms with van der Waals surface area (Å²) in [6, 6.07) is 7.58. The molecular weight excluding hydrogens is 307 g/mol. The highest BCUT2D eigenvalue weighted by molar-refractivity contribution is 6.30. The molecule has 0 fully saturated rings. The van der Waals surface area contributed by atoms with Crippen molar-refractivity contribution in [1.29, 1.82) is 0 Å². The SMILES string of the molecule is CN(C)C=Nc1nc(OCCc2ccc(Cl)cc2)ncc1F. The lowest BCUT2D eigenvalue weighted by Gasteiger charge is -2.06. The van der Waals surface area contributed by atoms with Crippen LogP contribution in [-0.2, 0) is 6.42 Å². The number of ether oxygens (including phenoxy) is 1. The van der Waals surface area contributed by atoms with Gasteiger partial charge in [0.25, 0.3) is 0 Å². The molecule has 0 amide bonds. The minimum Gasteiger partial charge on any atom is -0.463 e. The topological polar surface area (TPSA) is 50.6 Å². The lowest BCUT2D eigenvalue weighted by molar-refractivity contribution is 0.295. The smallest absolute Gasteiger partial charge is 0.318 e. The normalized spacial score (nSPS) is 10.9. The van der Waals surface area contributed by atoms with Gasteiger partial charge in [-0.2, -0.15) is 4.98 Å². The summed E-state index contributed by atoms with van der Waals surface area (Å²) in [6.45, 7) is 0.379. The lowest BCUT2D eigenvalue weighted by atomic mass is 10.2. The van der Waals surface area contributed by atoms with Crippen molar-refractivity contribution in [3.63, 3.8) is 0 Å². The number of rotatable bonds is 6. The fraction of sp³-hybridized carbons (Fsp3) is 0.267. The van der Waals surface area contributed by atoms with E-state index < -0.39 is 5.82 Å². The van der Waals surface area contributed by atoms with E-state index in [1.54, 1.807) is 19.0 Å². The quantitative estimate of drug-likeness (QED) is 0.605. The Bertz CT molecular complexity index is 646. The Hall–Kier alpha value is -2.21. The predicted molar refractivity (Wildman–Crippen MR) is 84.5 cm³/mol. The number of aromatic nitrogens is 2. The molecule has 0 aliphatic heterocycles. The molecule has 0 saturated heterocycles. The van der Waals surface area contributed by atoms with Crippen LogP contribution in [0.3, 0.4) is 0 Å². The summed E-state index contributed by atoms with van der Waals surface area (Å²) in [5, 5.41) is 0.690. The highest BCUT2D eigenvalue weighted by Gasteiger charge is 2.06. The van der Waals surface area contributed by atoms with Gasteiger partial charge >= 0.3 is 6.01 Å². The Morgan fingerprint density at radius 2 is 2.05 bits per heavy atom. The first kappa shape index (κ1) is 16.2. The van der Waals surface area contributed by atoms with Crippen molar-refractivity contribution < 1.29 is 9.13 Å². The lowest BCUT2D eigenvalue weighted by Crippen LogP contribution is -2.08. The van der Waals surface area contributed by atoms with E-state index in [0.717, 1.165) is 11.8 Å². The van der Waals surface area contributed by atoms with Gasteiger partial charge in [0.05, 0.1) is 19.1 Å². The van der Waals surface area contributed by atoms with Crippen molar-refractivity contribution in [1.82, 2.24) is 14.9 Å². The van der Waals surface area contributed by atoms with Crippen LogP contribution < -0.4 is 4.74 Å². The summed E-state index contributed by atoms with van der Waals surface area (Å²) < 4.78 is 19.0. The van der Waals surface area contributed by atoms with Crippen molar-refractivity contribution in [2.75, 3.05) is 20.7 Å². The summed E-state index contributed by atoms with van der Waals surface area (Å²) in [5.41, 5.74) is 1.08. The van der Waals surface area contributed by atoms with Gasteiger partial charge in [-0.25, -0.2) is 14.4 Å². The molecule has 0 radical (unpaired) electrons. The molecule has 2 aromatic rings. The van der Waals surface area contributed by atoms with Crippen LogP contribution in [0.1, 0.15) is 5.56 Å². The number of nitrogens with zero attached hydrogens (tertiary/aromatic N) is 4. The second-order valence-corrected chi connectivity index (χ2v) is 5.19. The second-order valence-electron chi connectivity index (χ2n) is 4.76. The third kappa shape index (κ3) is 4.96. The molecule has 0 aliphatic rings. The highest BCUT2D eigenvalue weighted by Crippen LogP contribution is 2.16. The molecule has 1 heterocycles. The third-order valence-corrected chi connectivity index (χ3v) is 2.90. The summed E-state index contributed by atoms with van der Waals surface area (Å²) in [7, 11) is 3.57. The Kier molecular flexibility index (Phi) is 5.66. The van der Waals surface area contributed by atoms with Gasteiger partial charge in [-0.15, -0.1) is 0 Å². The van der Waals surface area contributed by atoms with Gasteiger partial charge in [0.1, 0.15) is 0 Å². The minimum absolute atomic E-state index is 0.0507. The van der Waals surface area contributed by atoms with Crippen LogP contribution in [0.15, 0.2) is 35.5 Å². The fourth-order valence-electron chi connectivity index (χ4n) is 1.58. The van der Waals surface area contributed by atoms with Crippen LogP contribution in [-0.4, -0.2) is 41.9 Å². The van der Waals surface area contributed by atoms with Crippen LogP contribution >= 0.6 is 11.6 Å². The molecule has 7 heteroatoms. The van der Waals surface area contributed by atoms with Crippen LogP contribution in [0.2, 0.25) is 5.02 Å². The summed E-state index contributed by atoms with van der Waals surface area (Å²) in [5.74, 6) is -0.645. The van der Waals surface area contributed by atoms with E-state index in [1.807, 2.05) is 24.3 Å². The molecule has 116 valence electrons. The monoisotopic (exact) mass is 322 g/mol. The van der Waals surface area contributed by atoms with Crippen molar-refractivity contribution in [3.8, 4) is 6.01 Å². The molecule has 0 atom stereocenters. The molecular formula is C15H16ClFN4O.